The van der Waals surface area contributed by atoms with Gasteiger partial charge < -0.3 is 14.7 Å². The molecule has 1 heterocycles. The fourth-order valence-electron chi connectivity index (χ4n) is 3.25. The second-order valence-corrected chi connectivity index (χ2v) is 7.39. The van der Waals surface area contributed by atoms with Crippen LogP contribution in [-0.2, 0) is 6.54 Å². The molecule has 3 rings (SSSR count). The lowest BCUT2D eigenvalue weighted by Gasteiger charge is -2.29. The quantitative estimate of drug-likeness (QED) is 0.686. The predicted octanol–water partition coefficient (Wildman–Crippen LogP) is 3.92. The number of nitrogens with zero attached hydrogens (tertiary/aromatic N) is 2. The number of hydrogen-bond acceptors (Lipinski definition) is 4. The first-order valence-electron chi connectivity index (χ1n) is 9.92. The summed E-state index contributed by atoms with van der Waals surface area (Å²) in [5.74, 6) is -1.58. The minimum Gasteiger partial charge on any atom is -0.359 e. The highest BCUT2D eigenvalue weighted by atomic mass is 19.1. The zero-order chi connectivity index (χ0) is 21.0. The van der Waals surface area contributed by atoms with Gasteiger partial charge in [-0.05, 0) is 43.7 Å². The molecular formula is C21H25F2N3O3. The van der Waals surface area contributed by atoms with E-state index >= 15 is 0 Å². The summed E-state index contributed by atoms with van der Waals surface area (Å²) in [5, 5.41) is 6.60. The topological polar surface area (TPSA) is 75.4 Å². The van der Waals surface area contributed by atoms with E-state index in [0.29, 0.717) is 31.1 Å². The molecule has 1 saturated carbocycles. The number of aromatic nitrogens is 1. The first kappa shape index (κ1) is 21.0. The fraction of sp³-hybridized carbons (Fsp3) is 0.476. The second-order valence-electron chi connectivity index (χ2n) is 7.39. The number of hydrogen-bond donors (Lipinski definition) is 1. The van der Waals surface area contributed by atoms with Crippen LogP contribution < -0.4 is 5.32 Å². The van der Waals surface area contributed by atoms with Crippen molar-refractivity contribution in [2.45, 2.75) is 52.1 Å². The zero-order valence-corrected chi connectivity index (χ0v) is 16.6. The van der Waals surface area contributed by atoms with Crippen molar-refractivity contribution in [2.75, 3.05) is 6.54 Å². The molecule has 0 bridgehead atoms. The van der Waals surface area contributed by atoms with Gasteiger partial charge in [-0.15, -0.1) is 0 Å². The molecule has 0 unspecified atom stereocenters. The van der Waals surface area contributed by atoms with E-state index in [-0.39, 0.29) is 29.8 Å². The molecule has 0 atom stereocenters. The van der Waals surface area contributed by atoms with Crippen molar-refractivity contribution in [3.05, 3.63) is 52.9 Å². The maximum atomic E-state index is 13.6. The molecular weight excluding hydrogens is 380 g/mol. The molecule has 6 nitrogen and oxygen atoms in total. The highest BCUT2D eigenvalue weighted by Gasteiger charge is 2.26. The van der Waals surface area contributed by atoms with Crippen molar-refractivity contribution >= 4 is 11.8 Å². The third-order valence-corrected chi connectivity index (χ3v) is 5.12. The fourth-order valence-corrected chi connectivity index (χ4v) is 3.25. The van der Waals surface area contributed by atoms with Crippen LogP contribution in [0.5, 0.6) is 0 Å². The van der Waals surface area contributed by atoms with E-state index in [0.717, 1.165) is 31.0 Å². The predicted molar refractivity (Wildman–Crippen MR) is 102 cm³/mol. The van der Waals surface area contributed by atoms with Crippen LogP contribution in [0.15, 0.2) is 28.8 Å². The van der Waals surface area contributed by atoms with Gasteiger partial charge in [0.1, 0.15) is 11.6 Å². The smallest absolute Gasteiger partial charge is 0.273 e. The lowest BCUT2D eigenvalue weighted by molar-refractivity contribution is 0.0626. The van der Waals surface area contributed by atoms with Gasteiger partial charge in [-0.3, -0.25) is 9.59 Å². The van der Waals surface area contributed by atoms with E-state index in [2.05, 4.69) is 10.5 Å². The third kappa shape index (κ3) is 5.40. The zero-order valence-electron chi connectivity index (χ0n) is 16.6. The molecule has 1 aliphatic carbocycles. The number of nitrogens with one attached hydrogen (secondary N) is 1. The van der Waals surface area contributed by atoms with E-state index in [9.17, 15) is 18.4 Å². The van der Waals surface area contributed by atoms with Gasteiger partial charge in [-0.1, -0.05) is 19.0 Å². The summed E-state index contributed by atoms with van der Waals surface area (Å²) in [5.41, 5.74) is 0.0747. The summed E-state index contributed by atoms with van der Waals surface area (Å²) in [6, 6.07) is 4.08. The van der Waals surface area contributed by atoms with Gasteiger partial charge in [0.25, 0.3) is 11.8 Å². The Morgan fingerprint density at radius 2 is 1.83 bits per heavy atom. The Bertz CT molecular complexity index is 856. The van der Waals surface area contributed by atoms with E-state index in [4.69, 9.17) is 4.52 Å². The van der Waals surface area contributed by atoms with Crippen LogP contribution in [0.2, 0.25) is 0 Å². The van der Waals surface area contributed by atoms with E-state index in [1.54, 1.807) is 0 Å². The van der Waals surface area contributed by atoms with Crippen molar-refractivity contribution < 1.29 is 22.9 Å². The maximum absolute atomic E-state index is 13.6. The van der Waals surface area contributed by atoms with Crippen LogP contribution in [0.4, 0.5) is 8.78 Å². The van der Waals surface area contributed by atoms with Gasteiger partial charge in [0.15, 0.2) is 11.5 Å². The molecule has 1 aliphatic rings. The van der Waals surface area contributed by atoms with Gasteiger partial charge in [-0.2, -0.15) is 0 Å². The first-order chi connectivity index (χ1) is 13.9. The van der Waals surface area contributed by atoms with Crippen LogP contribution in [0.25, 0.3) is 0 Å². The number of carbonyl (C=O) groups is 2. The minimum atomic E-state index is -0.813. The molecule has 1 aromatic carbocycles. The minimum absolute atomic E-state index is 0.0478. The van der Waals surface area contributed by atoms with Crippen molar-refractivity contribution in [1.29, 1.82) is 0 Å². The van der Waals surface area contributed by atoms with Gasteiger partial charge in [0.05, 0.1) is 6.54 Å². The molecule has 2 aromatic rings. The van der Waals surface area contributed by atoms with Gasteiger partial charge in [-0.25, -0.2) is 8.78 Å². The monoisotopic (exact) mass is 405 g/mol. The van der Waals surface area contributed by atoms with Crippen LogP contribution in [0.1, 0.15) is 66.1 Å². The molecule has 8 heteroatoms. The summed E-state index contributed by atoms with van der Waals surface area (Å²) in [6.45, 7) is 4.52. The van der Waals surface area contributed by atoms with E-state index in [1.807, 2.05) is 13.8 Å². The number of amides is 2. The Balaban J connectivity index is 1.76. The second kappa shape index (κ2) is 9.15. The van der Waals surface area contributed by atoms with E-state index < -0.39 is 17.5 Å². The summed E-state index contributed by atoms with van der Waals surface area (Å²) in [7, 11) is 0. The standard InChI is InChI=1S/C21H25F2N3O3/c1-3-17(4-2)26(21(28)14-7-15(22)9-16(23)8-14)12-18-10-19(25-29-18)20(27)24-11-13-5-6-13/h7-10,13,17H,3-6,11-12H2,1-2H3,(H,24,27). The normalized spacial score (nSPS) is 13.6. The lowest BCUT2D eigenvalue weighted by atomic mass is 10.1. The van der Waals surface area contributed by atoms with Gasteiger partial charge in [0.2, 0.25) is 0 Å². The number of halogens is 2. The maximum Gasteiger partial charge on any atom is 0.273 e. The van der Waals surface area contributed by atoms with Crippen LogP contribution in [-0.4, -0.2) is 34.5 Å². The molecule has 0 saturated heterocycles. The molecule has 29 heavy (non-hydrogen) atoms. The number of benzene rings is 1. The van der Waals surface area contributed by atoms with Gasteiger partial charge >= 0.3 is 0 Å². The Labute approximate surface area is 168 Å². The average molecular weight is 405 g/mol. The molecule has 0 radical (unpaired) electrons. The highest BCUT2D eigenvalue weighted by Crippen LogP contribution is 2.27. The Kier molecular flexibility index (Phi) is 6.61. The third-order valence-electron chi connectivity index (χ3n) is 5.12. The lowest BCUT2D eigenvalue weighted by Crippen LogP contribution is -2.39. The largest absolute Gasteiger partial charge is 0.359 e. The molecule has 1 aromatic heterocycles. The first-order valence-corrected chi connectivity index (χ1v) is 9.92. The van der Waals surface area contributed by atoms with Crippen molar-refractivity contribution in [1.82, 2.24) is 15.4 Å². The Morgan fingerprint density at radius 3 is 2.41 bits per heavy atom. The summed E-state index contributed by atoms with van der Waals surface area (Å²) >= 11 is 0. The van der Waals surface area contributed by atoms with Crippen LogP contribution in [0.3, 0.4) is 0 Å². The molecule has 156 valence electrons. The summed E-state index contributed by atoms with van der Waals surface area (Å²) in [4.78, 5) is 26.6. The molecule has 0 aliphatic heterocycles. The Morgan fingerprint density at radius 1 is 1.17 bits per heavy atom. The number of carbonyl (C=O) groups excluding carboxylic acids is 2. The Hall–Kier alpha value is -2.77. The van der Waals surface area contributed by atoms with Crippen LogP contribution >= 0.6 is 0 Å². The highest BCUT2D eigenvalue weighted by molar-refractivity contribution is 5.94. The molecule has 1 fully saturated rings. The average Bonchev–Trinajstić information content (AvgIpc) is 3.41. The molecule has 1 N–H and O–H groups in total. The summed E-state index contributed by atoms with van der Waals surface area (Å²) in [6.07, 6.45) is 3.56. The van der Waals surface area contributed by atoms with Crippen molar-refractivity contribution in [2.24, 2.45) is 5.92 Å². The molecule has 2 amide bonds. The number of rotatable bonds is 9. The SMILES string of the molecule is CCC(CC)N(Cc1cc(C(=O)NCC2CC2)no1)C(=O)c1cc(F)cc(F)c1. The van der Waals surface area contributed by atoms with E-state index in [1.165, 1.54) is 11.0 Å². The van der Waals surface area contributed by atoms with Crippen LogP contribution in [0, 0.1) is 17.6 Å². The van der Waals surface area contributed by atoms with Crippen molar-refractivity contribution in [3.8, 4) is 0 Å². The summed E-state index contributed by atoms with van der Waals surface area (Å²) < 4.78 is 32.4. The van der Waals surface area contributed by atoms with Crippen molar-refractivity contribution in [3.63, 3.8) is 0 Å². The van der Waals surface area contributed by atoms with Gasteiger partial charge in [0, 0.05) is 30.3 Å². The molecule has 0 spiro atoms.